The average molecular weight is 271 g/mol. The molecule has 1 fully saturated rings. The maximum absolute atomic E-state index is 6.14. The first kappa shape index (κ1) is 13.7. The van der Waals surface area contributed by atoms with Gasteiger partial charge in [-0.3, -0.25) is 0 Å². The molecule has 1 saturated carbocycles. The molecule has 0 bridgehead atoms. The highest BCUT2D eigenvalue weighted by molar-refractivity contribution is 5.83. The summed E-state index contributed by atoms with van der Waals surface area (Å²) in [6.07, 6.45) is 3.70. The van der Waals surface area contributed by atoms with Gasteiger partial charge in [-0.15, -0.1) is 0 Å². The molecule has 3 rings (SSSR count). The number of rotatable bonds is 4. The fraction of sp³-hybridized carbons (Fsp3) is 0.556. The number of fused-ring (bicyclic) bond motifs is 1. The van der Waals surface area contributed by atoms with Crippen molar-refractivity contribution >= 4 is 11.0 Å². The van der Waals surface area contributed by atoms with Crippen molar-refractivity contribution in [1.29, 1.82) is 0 Å². The lowest BCUT2D eigenvalue weighted by molar-refractivity contribution is 0.499. The average Bonchev–Trinajstić information content (AvgIpc) is 3.12. The van der Waals surface area contributed by atoms with Crippen molar-refractivity contribution in [2.75, 3.05) is 0 Å². The molecule has 0 unspecified atom stereocenters. The number of aryl methyl sites for hydroxylation is 1. The fourth-order valence-corrected chi connectivity index (χ4v) is 2.65. The van der Waals surface area contributed by atoms with E-state index in [1.807, 2.05) is 0 Å². The molecule has 1 N–H and O–H groups in total. The highest BCUT2D eigenvalue weighted by Gasteiger charge is 2.23. The van der Waals surface area contributed by atoms with Crippen LogP contribution in [0.5, 0.6) is 0 Å². The minimum atomic E-state index is 0.114. The van der Waals surface area contributed by atoms with Crippen LogP contribution in [0.25, 0.3) is 11.0 Å². The Hall–Kier alpha value is -1.28. The number of benzene rings is 1. The normalized spacial score (nSPS) is 16.0. The molecule has 0 amide bonds. The van der Waals surface area contributed by atoms with Crippen LogP contribution in [0, 0.1) is 0 Å². The SMILES string of the molecule is CCc1cc(C(C)(C)C)c2oc(CNC3CC3)cc2c1. The second-order valence-corrected chi connectivity index (χ2v) is 7.03. The summed E-state index contributed by atoms with van der Waals surface area (Å²) in [4.78, 5) is 0. The van der Waals surface area contributed by atoms with Gasteiger partial charge in [0, 0.05) is 17.0 Å². The Labute approximate surface area is 121 Å². The van der Waals surface area contributed by atoms with Gasteiger partial charge in [0.25, 0.3) is 0 Å². The summed E-state index contributed by atoms with van der Waals surface area (Å²) in [6.45, 7) is 9.83. The Bertz CT molecular complexity index is 614. The summed E-state index contributed by atoms with van der Waals surface area (Å²) in [5.41, 5.74) is 3.90. The Morgan fingerprint density at radius 1 is 1.20 bits per heavy atom. The van der Waals surface area contributed by atoms with Crippen LogP contribution in [0.15, 0.2) is 22.6 Å². The van der Waals surface area contributed by atoms with Gasteiger partial charge in [0.15, 0.2) is 0 Å². The van der Waals surface area contributed by atoms with E-state index in [-0.39, 0.29) is 5.41 Å². The van der Waals surface area contributed by atoms with Crippen molar-refractivity contribution in [1.82, 2.24) is 5.32 Å². The summed E-state index contributed by atoms with van der Waals surface area (Å²) in [5, 5.41) is 4.78. The maximum Gasteiger partial charge on any atom is 0.138 e. The summed E-state index contributed by atoms with van der Waals surface area (Å²) < 4.78 is 6.14. The highest BCUT2D eigenvalue weighted by atomic mass is 16.3. The van der Waals surface area contributed by atoms with Gasteiger partial charge in [-0.1, -0.05) is 33.8 Å². The van der Waals surface area contributed by atoms with Gasteiger partial charge in [-0.25, -0.2) is 0 Å². The molecule has 0 atom stereocenters. The molecule has 0 spiro atoms. The van der Waals surface area contributed by atoms with Gasteiger partial charge in [0.1, 0.15) is 11.3 Å². The molecule has 0 aliphatic heterocycles. The quantitative estimate of drug-likeness (QED) is 0.883. The molecule has 0 radical (unpaired) electrons. The molecule has 1 aliphatic rings. The van der Waals surface area contributed by atoms with E-state index < -0.39 is 0 Å². The fourth-order valence-electron chi connectivity index (χ4n) is 2.65. The lowest BCUT2D eigenvalue weighted by Gasteiger charge is -2.20. The van der Waals surface area contributed by atoms with Gasteiger partial charge < -0.3 is 9.73 Å². The summed E-state index contributed by atoms with van der Waals surface area (Å²) in [7, 11) is 0. The highest BCUT2D eigenvalue weighted by Crippen LogP contribution is 2.33. The first-order chi connectivity index (χ1) is 9.47. The first-order valence-electron chi connectivity index (χ1n) is 7.76. The molecule has 0 saturated heterocycles. The minimum Gasteiger partial charge on any atom is -0.459 e. The molecule has 1 heterocycles. The summed E-state index contributed by atoms with van der Waals surface area (Å²) >= 11 is 0. The predicted molar refractivity (Wildman–Crippen MR) is 84.2 cm³/mol. The van der Waals surface area contributed by atoms with E-state index in [4.69, 9.17) is 4.42 Å². The van der Waals surface area contributed by atoms with Gasteiger partial charge >= 0.3 is 0 Å². The van der Waals surface area contributed by atoms with Crippen molar-refractivity contribution in [3.63, 3.8) is 0 Å². The van der Waals surface area contributed by atoms with Crippen LogP contribution in [-0.2, 0) is 18.4 Å². The smallest absolute Gasteiger partial charge is 0.138 e. The molecule has 2 aromatic rings. The minimum absolute atomic E-state index is 0.114. The van der Waals surface area contributed by atoms with Crippen molar-refractivity contribution in [3.8, 4) is 0 Å². The standard InChI is InChI=1S/C18H25NO/c1-5-12-8-13-10-15(11-19-14-6-7-14)20-17(13)16(9-12)18(2,3)4/h8-10,14,19H,5-7,11H2,1-4H3. The van der Waals surface area contributed by atoms with Crippen molar-refractivity contribution in [2.45, 2.75) is 65.0 Å². The third kappa shape index (κ3) is 2.76. The van der Waals surface area contributed by atoms with E-state index in [0.29, 0.717) is 0 Å². The number of nitrogens with one attached hydrogen (secondary N) is 1. The number of furan rings is 1. The molecule has 2 nitrogen and oxygen atoms in total. The van der Waals surface area contributed by atoms with Crippen LogP contribution >= 0.6 is 0 Å². The number of hydrogen-bond donors (Lipinski definition) is 1. The molecular weight excluding hydrogens is 246 g/mol. The van der Waals surface area contributed by atoms with E-state index in [2.05, 4.69) is 51.2 Å². The molecule has 1 aromatic heterocycles. The first-order valence-corrected chi connectivity index (χ1v) is 7.76. The molecule has 1 aliphatic carbocycles. The Morgan fingerprint density at radius 2 is 1.95 bits per heavy atom. The zero-order valence-corrected chi connectivity index (χ0v) is 13.0. The van der Waals surface area contributed by atoms with E-state index in [1.54, 1.807) is 0 Å². The molecule has 1 aromatic carbocycles. The summed E-state index contributed by atoms with van der Waals surface area (Å²) in [6, 6.07) is 7.51. The van der Waals surface area contributed by atoms with E-state index in [0.717, 1.165) is 30.4 Å². The van der Waals surface area contributed by atoms with Crippen LogP contribution in [0.2, 0.25) is 0 Å². The largest absolute Gasteiger partial charge is 0.459 e. The van der Waals surface area contributed by atoms with Crippen molar-refractivity contribution in [3.05, 3.63) is 35.1 Å². The zero-order chi connectivity index (χ0) is 14.3. The Morgan fingerprint density at radius 3 is 2.55 bits per heavy atom. The van der Waals surface area contributed by atoms with Crippen molar-refractivity contribution in [2.24, 2.45) is 0 Å². The lowest BCUT2D eigenvalue weighted by atomic mass is 9.85. The van der Waals surface area contributed by atoms with Crippen LogP contribution in [0.4, 0.5) is 0 Å². The van der Waals surface area contributed by atoms with Crippen molar-refractivity contribution < 1.29 is 4.42 Å². The van der Waals surface area contributed by atoms with E-state index in [1.165, 1.54) is 29.4 Å². The van der Waals surface area contributed by atoms with Gasteiger partial charge in [-0.05, 0) is 42.4 Å². The molecule has 2 heteroatoms. The Balaban J connectivity index is 2.01. The van der Waals surface area contributed by atoms with Crippen LogP contribution in [-0.4, -0.2) is 6.04 Å². The predicted octanol–water partition coefficient (Wildman–Crippen LogP) is 4.54. The molecule has 108 valence electrons. The van der Waals surface area contributed by atoms with Gasteiger partial charge in [0.05, 0.1) is 6.54 Å². The summed E-state index contributed by atoms with van der Waals surface area (Å²) in [5.74, 6) is 1.06. The van der Waals surface area contributed by atoms with Crippen LogP contribution in [0.1, 0.15) is 57.4 Å². The topological polar surface area (TPSA) is 25.2 Å². The second kappa shape index (κ2) is 4.92. The molecular formula is C18H25NO. The third-order valence-corrected chi connectivity index (χ3v) is 4.09. The monoisotopic (exact) mass is 271 g/mol. The second-order valence-electron chi connectivity index (χ2n) is 7.03. The third-order valence-electron chi connectivity index (χ3n) is 4.09. The van der Waals surface area contributed by atoms with Crippen LogP contribution < -0.4 is 5.32 Å². The van der Waals surface area contributed by atoms with E-state index >= 15 is 0 Å². The van der Waals surface area contributed by atoms with Gasteiger partial charge in [0.2, 0.25) is 0 Å². The Kier molecular flexibility index (Phi) is 3.37. The van der Waals surface area contributed by atoms with E-state index in [9.17, 15) is 0 Å². The number of hydrogen-bond acceptors (Lipinski definition) is 2. The van der Waals surface area contributed by atoms with Crippen LogP contribution in [0.3, 0.4) is 0 Å². The van der Waals surface area contributed by atoms with Gasteiger partial charge in [-0.2, -0.15) is 0 Å². The lowest BCUT2D eigenvalue weighted by Crippen LogP contribution is -2.14. The maximum atomic E-state index is 6.14. The molecule has 20 heavy (non-hydrogen) atoms. The zero-order valence-electron chi connectivity index (χ0n) is 13.0.